The van der Waals surface area contributed by atoms with E-state index < -0.39 is 5.82 Å². The van der Waals surface area contributed by atoms with Crippen LogP contribution in [-0.2, 0) is 0 Å². The van der Waals surface area contributed by atoms with Crippen molar-refractivity contribution in [2.45, 2.75) is 44.0 Å². The largest absolute Gasteiger partial charge is 0.508 e. The normalized spacial score (nSPS) is 19.3. The molecule has 2 aliphatic rings. The maximum Gasteiger partial charge on any atom is 0.319 e. The number of hydrogen-bond donors (Lipinski definition) is 2. The highest BCUT2D eigenvalue weighted by atomic mass is 35.5. The van der Waals surface area contributed by atoms with Crippen LogP contribution in [-0.4, -0.2) is 51.4 Å². The molecule has 6 nitrogen and oxygen atoms in total. The second-order valence-electron chi connectivity index (χ2n) is 10.0. The Hall–Kier alpha value is -2.81. The number of fused-ring (bicyclic) bond motifs is 4. The van der Waals surface area contributed by atoms with E-state index in [1.54, 1.807) is 30.0 Å². The first-order valence-corrected chi connectivity index (χ1v) is 14.0. The number of nitrogens with one attached hydrogen (secondary N) is 1. The van der Waals surface area contributed by atoms with E-state index in [1.165, 1.54) is 0 Å². The van der Waals surface area contributed by atoms with Gasteiger partial charge in [0.25, 0.3) is 0 Å². The van der Waals surface area contributed by atoms with E-state index in [4.69, 9.17) is 21.3 Å². The molecule has 2 saturated heterocycles. The van der Waals surface area contributed by atoms with Gasteiger partial charge in [-0.1, -0.05) is 49.7 Å². The van der Waals surface area contributed by atoms with Crippen LogP contribution >= 0.6 is 23.4 Å². The third-order valence-corrected chi connectivity index (χ3v) is 8.28. The topological polar surface area (TPSA) is 70.5 Å². The van der Waals surface area contributed by atoms with Gasteiger partial charge in [0, 0.05) is 41.4 Å². The van der Waals surface area contributed by atoms with Crippen LogP contribution in [0, 0.1) is 5.82 Å². The Morgan fingerprint density at radius 2 is 1.89 bits per heavy atom. The predicted molar refractivity (Wildman–Crippen MR) is 149 cm³/mol. The van der Waals surface area contributed by atoms with Gasteiger partial charge in [0.15, 0.2) is 5.82 Å². The fourth-order valence-electron chi connectivity index (χ4n) is 5.41. The molecule has 1 aromatic heterocycles. The maximum absolute atomic E-state index is 16.5. The zero-order valence-electron chi connectivity index (χ0n) is 20.7. The number of ether oxygens (including phenoxy) is 1. The van der Waals surface area contributed by atoms with Gasteiger partial charge < -0.3 is 20.1 Å². The van der Waals surface area contributed by atoms with Crippen molar-refractivity contribution in [1.29, 1.82) is 0 Å². The van der Waals surface area contributed by atoms with Gasteiger partial charge in [-0.3, -0.25) is 0 Å². The Kier molecular flexibility index (Phi) is 6.51. The quantitative estimate of drug-likeness (QED) is 0.276. The summed E-state index contributed by atoms with van der Waals surface area (Å²) in [6, 6.07) is 13.4. The van der Waals surface area contributed by atoms with E-state index in [0.717, 1.165) is 36.7 Å². The minimum Gasteiger partial charge on any atom is -0.508 e. The van der Waals surface area contributed by atoms with Crippen molar-refractivity contribution < 1.29 is 14.2 Å². The molecule has 2 atom stereocenters. The van der Waals surface area contributed by atoms with Crippen molar-refractivity contribution in [1.82, 2.24) is 15.3 Å². The van der Waals surface area contributed by atoms with Crippen LogP contribution in [0.1, 0.15) is 26.7 Å². The number of halogens is 2. The van der Waals surface area contributed by atoms with E-state index in [0.29, 0.717) is 40.0 Å². The summed E-state index contributed by atoms with van der Waals surface area (Å²) in [4.78, 5) is 11.5. The van der Waals surface area contributed by atoms with Crippen LogP contribution < -0.4 is 15.0 Å². The Bertz CT molecular complexity index is 1490. The summed E-state index contributed by atoms with van der Waals surface area (Å²) >= 11 is 8.42. The molecule has 0 radical (unpaired) electrons. The number of piperazine rings is 1. The summed E-state index contributed by atoms with van der Waals surface area (Å²) in [6.45, 7) is 5.73. The smallest absolute Gasteiger partial charge is 0.319 e. The number of phenolic OH excluding ortho intramolecular Hbond substituents is 1. The van der Waals surface area contributed by atoms with Gasteiger partial charge in [0.1, 0.15) is 23.0 Å². The summed E-state index contributed by atoms with van der Waals surface area (Å²) in [5.41, 5.74) is 0.874. The zero-order chi connectivity index (χ0) is 25.7. The number of nitrogens with zero attached hydrogens (tertiary/aromatic N) is 3. The number of anilines is 1. The molecule has 2 aliphatic heterocycles. The Morgan fingerprint density at radius 1 is 1.14 bits per heavy atom. The SMILES string of the molecule is CC(C)SCOc1nc(N2CC3CCC(C2)N3)c2cc(Cl)c(-c3cc(O)cc4ccccc34)c(F)c2n1. The predicted octanol–water partition coefficient (Wildman–Crippen LogP) is 6.37. The van der Waals surface area contributed by atoms with Gasteiger partial charge >= 0.3 is 6.01 Å². The lowest BCUT2D eigenvalue weighted by molar-refractivity contribution is 0.360. The van der Waals surface area contributed by atoms with Gasteiger partial charge in [-0.25, -0.2) is 4.39 Å². The third kappa shape index (κ3) is 4.67. The number of aromatic hydroxyl groups is 1. The van der Waals surface area contributed by atoms with Crippen LogP contribution in [0.4, 0.5) is 10.2 Å². The average molecular weight is 539 g/mol. The first kappa shape index (κ1) is 24.5. The average Bonchev–Trinajstić information content (AvgIpc) is 3.21. The Morgan fingerprint density at radius 3 is 2.65 bits per heavy atom. The molecule has 0 spiro atoms. The van der Waals surface area contributed by atoms with Gasteiger partial charge in [-0.15, -0.1) is 11.8 Å². The highest BCUT2D eigenvalue weighted by molar-refractivity contribution is 7.99. The highest BCUT2D eigenvalue weighted by Crippen LogP contribution is 2.42. The van der Waals surface area contributed by atoms with Gasteiger partial charge in [-0.2, -0.15) is 9.97 Å². The first-order chi connectivity index (χ1) is 17.9. The minimum atomic E-state index is -0.554. The van der Waals surface area contributed by atoms with Gasteiger partial charge in [0.2, 0.25) is 0 Å². The van der Waals surface area contributed by atoms with Crippen molar-refractivity contribution in [3.8, 4) is 22.9 Å². The molecule has 6 rings (SSSR count). The molecule has 2 fully saturated rings. The lowest BCUT2D eigenvalue weighted by Crippen LogP contribution is -2.51. The molecule has 0 aliphatic carbocycles. The molecule has 37 heavy (non-hydrogen) atoms. The fourth-order valence-corrected chi connectivity index (χ4v) is 6.15. The number of aromatic nitrogens is 2. The third-order valence-electron chi connectivity index (χ3n) is 7.06. The molecule has 3 heterocycles. The number of thioether (sulfide) groups is 1. The molecular formula is C28H28ClFN4O2S. The number of rotatable bonds is 6. The fraction of sp³-hybridized carbons (Fsp3) is 0.357. The van der Waals surface area contributed by atoms with Crippen LogP contribution in [0.15, 0.2) is 42.5 Å². The van der Waals surface area contributed by atoms with Crippen molar-refractivity contribution >= 4 is 50.9 Å². The molecule has 4 aromatic rings. The molecule has 2 unspecified atom stereocenters. The summed E-state index contributed by atoms with van der Waals surface area (Å²) in [5, 5.41) is 16.8. The molecule has 2 bridgehead atoms. The second kappa shape index (κ2) is 9.82. The summed E-state index contributed by atoms with van der Waals surface area (Å²) < 4.78 is 22.4. The number of phenols is 1. The van der Waals surface area contributed by atoms with E-state index in [1.807, 2.05) is 24.3 Å². The molecule has 3 aromatic carbocycles. The van der Waals surface area contributed by atoms with Crippen LogP contribution in [0.5, 0.6) is 11.8 Å². The lowest BCUT2D eigenvalue weighted by atomic mass is 9.96. The Labute approximate surface area is 224 Å². The number of benzene rings is 3. The van der Waals surface area contributed by atoms with Crippen molar-refractivity contribution in [2.24, 2.45) is 0 Å². The molecule has 0 amide bonds. The monoisotopic (exact) mass is 538 g/mol. The van der Waals surface area contributed by atoms with Gasteiger partial charge in [0.05, 0.1) is 5.02 Å². The summed E-state index contributed by atoms with van der Waals surface area (Å²) in [7, 11) is 0. The molecular weight excluding hydrogens is 511 g/mol. The molecule has 0 saturated carbocycles. The van der Waals surface area contributed by atoms with E-state index >= 15 is 4.39 Å². The van der Waals surface area contributed by atoms with Crippen molar-refractivity contribution in [3.63, 3.8) is 0 Å². The van der Waals surface area contributed by atoms with E-state index in [-0.39, 0.29) is 27.9 Å². The van der Waals surface area contributed by atoms with Crippen molar-refractivity contribution in [3.05, 3.63) is 53.3 Å². The maximum atomic E-state index is 16.5. The summed E-state index contributed by atoms with van der Waals surface area (Å²) in [5.74, 6) is 0.496. The lowest BCUT2D eigenvalue weighted by Gasteiger charge is -2.34. The molecule has 9 heteroatoms. The standard InChI is InChI=1S/C28H28ClFN4O2S/c1-15(2)37-14-36-28-32-26-22(27(33-28)34-12-17-7-8-18(13-34)31-17)11-23(29)24(25(26)30)21-10-19(35)9-16-5-3-4-6-20(16)21/h3-6,9-11,15,17-18,31,35H,7-8,12-14H2,1-2H3. The molecule has 2 N–H and O–H groups in total. The minimum absolute atomic E-state index is 0.0404. The van der Waals surface area contributed by atoms with Crippen LogP contribution in [0.3, 0.4) is 0 Å². The first-order valence-electron chi connectivity index (χ1n) is 12.5. The van der Waals surface area contributed by atoms with E-state index in [9.17, 15) is 5.11 Å². The second-order valence-corrected chi connectivity index (χ2v) is 11.9. The Balaban J connectivity index is 1.54. The zero-order valence-corrected chi connectivity index (χ0v) is 22.2. The summed E-state index contributed by atoms with van der Waals surface area (Å²) in [6.07, 6.45) is 2.23. The van der Waals surface area contributed by atoms with Crippen LogP contribution in [0.2, 0.25) is 5.02 Å². The van der Waals surface area contributed by atoms with Gasteiger partial charge in [-0.05, 0) is 47.4 Å². The highest BCUT2D eigenvalue weighted by Gasteiger charge is 2.34. The van der Waals surface area contributed by atoms with Crippen LogP contribution in [0.25, 0.3) is 32.8 Å². The van der Waals surface area contributed by atoms with E-state index in [2.05, 4.69) is 29.0 Å². The molecule has 192 valence electrons. The van der Waals surface area contributed by atoms with Crippen molar-refractivity contribution in [2.75, 3.05) is 23.9 Å². The number of hydrogen-bond acceptors (Lipinski definition) is 7.